The number of hydrogen-bond donors (Lipinski definition) is 1. The van der Waals surface area contributed by atoms with Crippen LogP contribution in [0.2, 0.25) is 0 Å². The molecule has 3 heterocycles. The molecule has 1 unspecified atom stereocenters. The van der Waals surface area contributed by atoms with E-state index in [9.17, 15) is 4.79 Å². The minimum atomic E-state index is -0.00977. The summed E-state index contributed by atoms with van der Waals surface area (Å²) < 4.78 is 0. The van der Waals surface area contributed by atoms with Crippen molar-refractivity contribution in [1.82, 2.24) is 20.2 Å². The number of rotatable bonds is 5. The molecule has 1 amide bonds. The lowest BCUT2D eigenvalue weighted by molar-refractivity contribution is 0.0712. The van der Waals surface area contributed by atoms with Crippen LogP contribution >= 0.6 is 0 Å². The molecule has 2 aromatic heterocycles. The predicted molar refractivity (Wildman–Crippen MR) is 88.9 cm³/mol. The van der Waals surface area contributed by atoms with E-state index in [1.165, 1.54) is 0 Å². The maximum absolute atomic E-state index is 12.9. The maximum Gasteiger partial charge on any atom is 0.272 e. The van der Waals surface area contributed by atoms with Crippen molar-refractivity contribution in [3.63, 3.8) is 0 Å². The zero-order valence-electron chi connectivity index (χ0n) is 13.4. The number of aromatic nitrogens is 2. The Hall–Kier alpha value is -2.27. The van der Waals surface area contributed by atoms with Gasteiger partial charge in [-0.2, -0.15) is 0 Å². The van der Waals surface area contributed by atoms with Gasteiger partial charge in [0.1, 0.15) is 5.69 Å². The molecule has 0 bridgehead atoms. The van der Waals surface area contributed by atoms with E-state index in [1.807, 2.05) is 42.3 Å². The number of carbonyl (C=O) groups is 1. The molecule has 0 aromatic carbocycles. The Morgan fingerprint density at radius 1 is 1.35 bits per heavy atom. The normalized spacial score (nSPS) is 17.2. The number of pyridine rings is 2. The van der Waals surface area contributed by atoms with Gasteiger partial charge in [-0.15, -0.1) is 0 Å². The third-order valence-corrected chi connectivity index (χ3v) is 4.13. The van der Waals surface area contributed by atoms with E-state index >= 15 is 0 Å². The Labute approximate surface area is 136 Å². The van der Waals surface area contributed by atoms with E-state index in [0.29, 0.717) is 18.2 Å². The van der Waals surface area contributed by atoms with E-state index in [0.717, 1.165) is 37.3 Å². The van der Waals surface area contributed by atoms with Crippen molar-refractivity contribution in [2.45, 2.75) is 19.9 Å². The molecule has 1 N–H and O–H groups in total. The van der Waals surface area contributed by atoms with Crippen molar-refractivity contribution in [2.75, 3.05) is 19.6 Å². The van der Waals surface area contributed by atoms with Crippen LogP contribution in [0.15, 0.2) is 42.7 Å². The van der Waals surface area contributed by atoms with E-state index in [4.69, 9.17) is 0 Å². The first kappa shape index (κ1) is 15.6. The molecule has 1 fully saturated rings. The fourth-order valence-corrected chi connectivity index (χ4v) is 2.94. The molecular formula is C18H22N4O. The van der Waals surface area contributed by atoms with Crippen LogP contribution in [-0.4, -0.2) is 40.4 Å². The SMILES string of the molecule is Cc1cccc(C(=O)N(Cc2cccnc2)CC2CCNC2)n1. The predicted octanol–water partition coefficient (Wildman–Crippen LogP) is 2.04. The summed E-state index contributed by atoms with van der Waals surface area (Å²) in [6, 6.07) is 9.49. The number of amides is 1. The van der Waals surface area contributed by atoms with Gasteiger partial charge in [-0.25, -0.2) is 4.98 Å². The highest BCUT2D eigenvalue weighted by molar-refractivity contribution is 5.92. The number of hydrogen-bond acceptors (Lipinski definition) is 4. The van der Waals surface area contributed by atoms with Gasteiger partial charge in [-0.1, -0.05) is 12.1 Å². The standard InChI is InChI=1S/C18H22N4O/c1-14-4-2-6-17(21-14)18(23)22(13-16-7-9-20-11-16)12-15-5-3-8-19-10-15/h2-6,8,10,16,20H,7,9,11-13H2,1H3. The zero-order valence-corrected chi connectivity index (χ0v) is 13.4. The lowest BCUT2D eigenvalue weighted by atomic mass is 10.1. The van der Waals surface area contributed by atoms with Gasteiger partial charge in [-0.05, 0) is 56.1 Å². The molecule has 0 aliphatic carbocycles. The van der Waals surface area contributed by atoms with Crippen LogP contribution in [-0.2, 0) is 6.54 Å². The first-order chi connectivity index (χ1) is 11.2. The highest BCUT2D eigenvalue weighted by atomic mass is 16.2. The second kappa shape index (κ2) is 7.33. The smallest absolute Gasteiger partial charge is 0.272 e. The molecule has 3 rings (SSSR count). The van der Waals surface area contributed by atoms with E-state index in [2.05, 4.69) is 15.3 Å². The van der Waals surface area contributed by atoms with Gasteiger partial charge in [0.2, 0.25) is 0 Å². The summed E-state index contributed by atoms with van der Waals surface area (Å²) in [6.45, 7) is 5.22. The van der Waals surface area contributed by atoms with Gasteiger partial charge < -0.3 is 10.2 Å². The largest absolute Gasteiger partial charge is 0.333 e. The van der Waals surface area contributed by atoms with Crippen molar-refractivity contribution in [2.24, 2.45) is 5.92 Å². The van der Waals surface area contributed by atoms with Crippen molar-refractivity contribution in [3.8, 4) is 0 Å². The molecule has 1 saturated heterocycles. The van der Waals surface area contributed by atoms with E-state index in [1.54, 1.807) is 12.3 Å². The van der Waals surface area contributed by atoms with Crippen molar-refractivity contribution < 1.29 is 4.79 Å². The molecule has 120 valence electrons. The summed E-state index contributed by atoms with van der Waals surface area (Å²) in [5, 5.41) is 3.36. The van der Waals surface area contributed by atoms with Crippen LogP contribution in [0.4, 0.5) is 0 Å². The number of aryl methyl sites for hydroxylation is 1. The van der Waals surface area contributed by atoms with E-state index < -0.39 is 0 Å². The van der Waals surface area contributed by atoms with Gasteiger partial charge in [0.05, 0.1) is 0 Å². The number of nitrogens with one attached hydrogen (secondary N) is 1. The molecule has 1 aliphatic heterocycles. The van der Waals surface area contributed by atoms with Gasteiger partial charge in [-0.3, -0.25) is 9.78 Å². The fourth-order valence-electron chi connectivity index (χ4n) is 2.94. The second-order valence-corrected chi connectivity index (χ2v) is 6.07. The average molecular weight is 310 g/mol. The minimum absolute atomic E-state index is 0.00977. The van der Waals surface area contributed by atoms with Gasteiger partial charge >= 0.3 is 0 Å². The van der Waals surface area contributed by atoms with E-state index in [-0.39, 0.29) is 5.91 Å². The average Bonchev–Trinajstić information content (AvgIpc) is 3.08. The maximum atomic E-state index is 12.9. The van der Waals surface area contributed by atoms with Gasteiger partial charge in [0.15, 0.2) is 0 Å². The van der Waals surface area contributed by atoms with Crippen LogP contribution in [0.1, 0.15) is 28.2 Å². The molecule has 0 spiro atoms. The third-order valence-electron chi connectivity index (χ3n) is 4.13. The van der Waals surface area contributed by atoms with Crippen LogP contribution in [0.5, 0.6) is 0 Å². The first-order valence-corrected chi connectivity index (χ1v) is 8.05. The monoisotopic (exact) mass is 310 g/mol. The number of nitrogens with zero attached hydrogens (tertiary/aromatic N) is 3. The summed E-state index contributed by atoms with van der Waals surface area (Å²) in [7, 11) is 0. The highest BCUT2D eigenvalue weighted by Gasteiger charge is 2.23. The molecule has 5 nitrogen and oxygen atoms in total. The summed E-state index contributed by atoms with van der Waals surface area (Å²) >= 11 is 0. The molecule has 1 atom stereocenters. The van der Waals surface area contributed by atoms with Gasteiger partial charge in [0, 0.05) is 31.2 Å². The van der Waals surface area contributed by atoms with Crippen molar-refractivity contribution in [3.05, 3.63) is 59.7 Å². The molecule has 0 radical (unpaired) electrons. The van der Waals surface area contributed by atoms with Gasteiger partial charge in [0.25, 0.3) is 5.91 Å². The zero-order chi connectivity index (χ0) is 16.1. The fraction of sp³-hybridized carbons (Fsp3) is 0.389. The lowest BCUT2D eigenvalue weighted by Crippen LogP contribution is -2.36. The summed E-state index contributed by atoms with van der Waals surface area (Å²) in [4.78, 5) is 23.3. The Balaban J connectivity index is 1.79. The summed E-state index contributed by atoms with van der Waals surface area (Å²) in [5.41, 5.74) is 2.42. The Morgan fingerprint density at radius 2 is 2.26 bits per heavy atom. The van der Waals surface area contributed by atoms with Crippen molar-refractivity contribution >= 4 is 5.91 Å². The lowest BCUT2D eigenvalue weighted by Gasteiger charge is -2.25. The first-order valence-electron chi connectivity index (χ1n) is 8.05. The second-order valence-electron chi connectivity index (χ2n) is 6.07. The van der Waals surface area contributed by atoms with Crippen LogP contribution in [0.3, 0.4) is 0 Å². The number of carbonyl (C=O) groups excluding carboxylic acids is 1. The molecule has 0 saturated carbocycles. The third kappa shape index (κ3) is 4.13. The Bertz CT molecular complexity index is 653. The Morgan fingerprint density at radius 3 is 2.96 bits per heavy atom. The highest BCUT2D eigenvalue weighted by Crippen LogP contribution is 2.15. The summed E-state index contributed by atoms with van der Waals surface area (Å²) in [6.07, 6.45) is 4.67. The van der Waals surface area contributed by atoms with Crippen LogP contribution in [0.25, 0.3) is 0 Å². The molecule has 23 heavy (non-hydrogen) atoms. The molecule has 1 aliphatic rings. The molecule has 5 heteroatoms. The molecule has 2 aromatic rings. The Kier molecular flexibility index (Phi) is 4.98. The quantitative estimate of drug-likeness (QED) is 0.918. The minimum Gasteiger partial charge on any atom is -0.333 e. The van der Waals surface area contributed by atoms with Crippen molar-refractivity contribution in [1.29, 1.82) is 0 Å². The summed E-state index contributed by atoms with van der Waals surface area (Å²) in [5.74, 6) is 0.491. The van der Waals surface area contributed by atoms with Crippen LogP contribution in [0, 0.1) is 12.8 Å². The molecular weight excluding hydrogens is 288 g/mol. The topological polar surface area (TPSA) is 58.1 Å². The van der Waals surface area contributed by atoms with Crippen LogP contribution < -0.4 is 5.32 Å².